The smallest absolute Gasteiger partial charge is 0.323 e. The summed E-state index contributed by atoms with van der Waals surface area (Å²) in [4.78, 5) is 3.59. The van der Waals surface area contributed by atoms with Crippen molar-refractivity contribution in [3.05, 3.63) is 63.9 Å². The number of hydrogen-bond acceptors (Lipinski definition) is 5. The summed E-state index contributed by atoms with van der Waals surface area (Å²) >= 11 is 3.07. The van der Waals surface area contributed by atoms with Crippen molar-refractivity contribution in [2.75, 3.05) is 6.54 Å². The molecule has 0 spiro atoms. The summed E-state index contributed by atoms with van der Waals surface area (Å²) in [5.74, 6) is 4.13. The molecule has 0 aliphatic rings. The van der Waals surface area contributed by atoms with Crippen molar-refractivity contribution in [3.8, 4) is 0 Å². The average Bonchev–Trinajstić information content (AvgIpc) is 2.60. The first-order valence-electron chi connectivity index (χ1n) is 7.47. The Bertz CT molecular complexity index is 849. The number of hydrazone groups is 1. The zero-order valence-corrected chi connectivity index (χ0v) is 15.6. The van der Waals surface area contributed by atoms with Crippen LogP contribution < -0.4 is 11.7 Å². The Kier molecular flexibility index (Phi) is 6.07. The van der Waals surface area contributed by atoms with Crippen LogP contribution >= 0.6 is 15.9 Å². The zero-order chi connectivity index (χ0) is 20.4. The summed E-state index contributed by atoms with van der Waals surface area (Å²) in [6, 6.07) is 4.10. The van der Waals surface area contributed by atoms with Crippen LogP contribution in [0.25, 0.3) is 0 Å². The van der Waals surface area contributed by atoms with E-state index in [0.29, 0.717) is 15.5 Å². The normalized spacial score (nSPS) is 14.7. The first-order chi connectivity index (χ1) is 12.5. The van der Waals surface area contributed by atoms with Crippen molar-refractivity contribution in [1.82, 2.24) is 9.99 Å². The summed E-state index contributed by atoms with van der Waals surface area (Å²) in [5.41, 5.74) is -4.92. The molecule has 11 heteroatoms. The highest BCUT2D eigenvalue weighted by atomic mass is 79.9. The maximum absolute atomic E-state index is 15.3. The Labute approximate surface area is 160 Å². The van der Waals surface area contributed by atoms with Gasteiger partial charge in [-0.15, -0.1) is 0 Å². The minimum atomic E-state index is -4.11. The van der Waals surface area contributed by atoms with Gasteiger partial charge in [0.1, 0.15) is 23.2 Å². The van der Waals surface area contributed by atoms with Crippen LogP contribution in [0, 0.1) is 11.6 Å². The lowest BCUT2D eigenvalue weighted by atomic mass is 9.84. The molecule has 0 amide bonds. The van der Waals surface area contributed by atoms with E-state index in [1.807, 2.05) is 0 Å². The van der Waals surface area contributed by atoms with Gasteiger partial charge in [-0.3, -0.25) is 9.99 Å². The van der Waals surface area contributed by atoms with E-state index in [0.717, 1.165) is 24.4 Å². The second-order valence-corrected chi connectivity index (χ2v) is 6.64. The van der Waals surface area contributed by atoms with Gasteiger partial charge in [0.05, 0.1) is 6.54 Å². The molecule has 1 atom stereocenters. The number of alkyl halides is 2. The molecule has 0 saturated carbocycles. The second-order valence-electron chi connectivity index (χ2n) is 5.72. The molecular formula is C16H16BrF4N5O. The van der Waals surface area contributed by atoms with E-state index in [1.54, 1.807) is 0 Å². The number of hydrogen-bond donors (Lipinski definition) is 3. The van der Waals surface area contributed by atoms with Gasteiger partial charge < -0.3 is 10.9 Å². The van der Waals surface area contributed by atoms with Crippen molar-refractivity contribution in [3.63, 3.8) is 0 Å². The third-order valence-corrected chi connectivity index (χ3v) is 4.42. The Hall–Kier alpha value is -2.24. The van der Waals surface area contributed by atoms with Crippen LogP contribution in [0.2, 0.25) is 0 Å². The quantitative estimate of drug-likeness (QED) is 0.214. The van der Waals surface area contributed by atoms with Crippen molar-refractivity contribution in [2.24, 2.45) is 16.8 Å². The van der Waals surface area contributed by atoms with E-state index in [-0.39, 0.29) is 5.84 Å². The van der Waals surface area contributed by atoms with Crippen molar-refractivity contribution in [1.29, 1.82) is 0 Å². The molecule has 0 aliphatic carbocycles. The predicted molar refractivity (Wildman–Crippen MR) is 94.3 cm³/mol. The number of nitrogens with two attached hydrogens (primary N) is 2. The molecule has 0 aliphatic heterocycles. The molecule has 1 heterocycles. The highest BCUT2D eigenvalue weighted by Crippen LogP contribution is 2.46. The molecule has 146 valence electrons. The number of amidine groups is 1. The number of halogens is 5. The fraction of sp³-hybridized carbons (Fsp3) is 0.250. The zero-order valence-electron chi connectivity index (χ0n) is 14.0. The number of aromatic nitrogens is 1. The maximum Gasteiger partial charge on any atom is 0.323 e. The number of benzene rings is 1. The topological polar surface area (TPSA) is 101 Å². The molecule has 6 nitrogen and oxygen atoms in total. The molecule has 0 saturated heterocycles. The van der Waals surface area contributed by atoms with E-state index >= 15 is 8.78 Å². The molecule has 0 fully saturated rings. The highest BCUT2D eigenvalue weighted by Gasteiger charge is 2.58. The fourth-order valence-electron chi connectivity index (χ4n) is 2.39. The molecule has 2 rings (SSSR count). The number of aliphatic hydroxyl groups is 1. The van der Waals surface area contributed by atoms with E-state index in [9.17, 15) is 13.9 Å². The van der Waals surface area contributed by atoms with E-state index in [2.05, 4.69) is 26.0 Å². The number of pyridine rings is 1. The van der Waals surface area contributed by atoms with Gasteiger partial charge in [-0.2, -0.15) is 13.9 Å². The number of nitrogens with zero attached hydrogens (tertiary/aromatic N) is 3. The van der Waals surface area contributed by atoms with Crippen LogP contribution in [0.3, 0.4) is 0 Å². The summed E-state index contributed by atoms with van der Waals surface area (Å²) in [5, 5.41) is 14.8. The monoisotopic (exact) mass is 449 g/mol. The summed E-state index contributed by atoms with van der Waals surface area (Å²) in [7, 11) is 0. The highest BCUT2D eigenvalue weighted by molar-refractivity contribution is 9.10. The van der Waals surface area contributed by atoms with Gasteiger partial charge in [-0.05, 0) is 47.1 Å². The summed E-state index contributed by atoms with van der Waals surface area (Å²) in [6.07, 6.45) is 1.09. The Morgan fingerprint density at radius 2 is 1.96 bits per heavy atom. The molecule has 5 N–H and O–H groups in total. The first-order valence-corrected chi connectivity index (χ1v) is 8.26. The lowest BCUT2D eigenvalue weighted by Gasteiger charge is -2.38. The maximum atomic E-state index is 15.3. The van der Waals surface area contributed by atoms with Gasteiger partial charge in [0, 0.05) is 22.3 Å². The third-order valence-electron chi connectivity index (χ3n) is 3.95. The molecule has 1 aromatic carbocycles. The van der Waals surface area contributed by atoms with Crippen LogP contribution in [-0.2, 0) is 11.5 Å². The van der Waals surface area contributed by atoms with Crippen molar-refractivity contribution in [2.45, 2.75) is 18.4 Å². The van der Waals surface area contributed by atoms with Crippen LogP contribution in [0.1, 0.15) is 18.2 Å². The van der Waals surface area contributed by atoms with Gasteiger partial charge in [0.25, 0.3) is 0 Å². The first kappa shape index (κ1) is 21.1. The van der Waals surface area contributed by atoms with E-state index in [4.69, 9.17) is 11.7 Å². The Morgan fingerprint density at radius 3 is 2.48 bits per heavy atom. The largest absolute Gasteiger partial charge is 0.377 e. The van der Waals surface area contributed by atoms with Crippen molar-refractivity contribution < 1.29 is 22.7 Å². The minimum absolute atomic E-state index is 0.101. The summed E-state index contributed by atoms with van der Waals surface area (Å²) < 4.78 is 58.6. The number of hydrazine groups is 1. The van der Waals surface area contributed by atoms with Gasteiger partial charge in [-0.25, -0.2) is 14.6 Å². The van der Waals surface area contributed by atoms with Gasteiger partial charge in [0.2, 0.25) is 0 Å². The van der Waals surface area contributed by atoms with Gasteiger partial charge in [0.15, 0.2) is 5.60 Å². The second kappa shape index (κ2) is 7.79. The van der Waals surface area contributed by atoms with Gasteiger partial charge in [-0.1, -0.05) is 0 Å². The predicted octanol–water partition coefficient (Wildman–Crippen LogP) is 2.57. The molecule has 0 radical (unpaired) electrons. The fourth-order valence-corrected chi connectivity index (χ4v) is 2.62. The molecule has 2 aromatic rings. The average molecular weight is 450 g/mol. The Balaban J connectivity index is 2.66. The van der Waals surface area contributed by atoms with Crippen LogP contribution in [0.15, 0.2) is 46.1 Å². The molecule has 1 unspecified atom stereocenters. The molecule has 27 heavy (non-hydrogen) atoms. The lowest BCUT2D eigenvalue weighted by Crippen LogP contribution is -2.55. The SMILES string of the molecule is C/C(=N/N)N(N)CC(O)(c1ccc(F)cc1F)C(F)(F)c1ccc(Br)cn1. The van der Waals surface area contributed by atoms with Crippen LogP contribution in [0.5, 0.6) is 0 Å². The van der Waals surface area contributed by atoms with Crippen molar-refractivity contribution >= 4 is 21.8 Å². The van der Waals surface area contributed by atoms with Crippen LogP contribution in [0.4, 0.5) is 17.6 Å². The van der Waals surface area contributed by atoms with E-state index in [1.165, 1.54) is 13.0 Å². The lowest BCUT2D eigenvalue weighted by molar-refractivity contribution is -0.204. The third kappa shape index (κ3) is 4.04. The molecular weight excluding hydrogens is 434 g/mol. The Morgan fingerprint density at radius 1 is 1.30 bits per heavy atom. The summed E-state index contributed by atoms with van der Waals surface area (Å²) in [6.45, 7) is 0.296. The molecule has 1 aromatic heterocycles. The van der Waals surface area contributed by atoms with Crippen LogP contribution in [-0.4, -0.2) is 27.5 Å². The van der Waals surface area contributed by atoms with E-state index < -0.39 is 41.0 Å². The number of rotatable bonds is 5. The standard InChI is InChI=1S/C16H16BrF4N5O/c1-9(25-22)26(23)8-15(27,12-4-3-11(18)6-13(12)19)16(20,21)14-5-2-10(17)7-24-14/h2-7,27H,8,22-23H2,1H3/b25-9-. The molecule has 0 bridgehead atoms. The van der Waals surface area contributed by atoms with Gasteiger partial charge >= 0.3 is 5.92 Å². The minimum Gasteiger partial charge on any atom is -0.377 e.